The quantitative estimate of drug-likeness (QED) is 0.717. The standard InChI is InChI=1S/C19H28O4/c1-18-6-5-11(20)7-10(18)3-4-12-13(18)8-15(22)19(2)16(23)9-14(21)17(12)19/h10,12-15,17,21-22H,3-9H2,1-2H3/t10-,12+,13+,14-,15+,17-,18-,19-/m0/s1. The van der Waals surface area contributed by atoms with Gasteiger partial charge in [-0.1, -0.05) is 6.92 Å². The number of hydrogen-bond acceptors (Lipinski definition) is 4. The van der Waals surface area contributed by atoms with E-state index in [9.17, 15) is 19.8 Å². The molecule has 4 aliphatic carbocycles. The van der Waals surface area contributed by atoms with E-state index in [2.05, 4.69) is 6.92 Å². The maximum Gasteiger partial charge on any atom is 0.144 e. The monoisotopic (exact) mass is 320 g/mol. The van der Waals surface area contributed by atoms with Crippen molar-refractivity contribution in [2.75, 3.05) is 0 Å². The number of aliphatic hydroxyl groups excluding tert-OH is 2. The van der Waals surface area contributed by atoms with Gasteiger partial charge in [0, 0.05) is 25.2 Å². The number of rotatable bonds is 0. The molecule has 4 saturated carbocycles. The summed E-state index contributed by atoms with van der Waals surface area (Å²) in [5.74, 6) is 1.34. The van der Waals surface area contributed by atoms with Crippen molar-refractivity contribution in [1.82, 2.24) is 0 Å². The predicted octanol–water partition coefficient (Wildman–Crippen LogP) is 2.11. The zero-order valence-corrected chi connectivity index (χ0v) is 14.1. The molecular weight excluding hydrogens is 292 g/mol. The highest BCUT2D eigenvalue weighted by molar-refractivity contribution is 5.88. The van der Waals surface area contributed by atoms with Crippen molar-refractivity contribution in [1.29, 1.82) is 0 Å². The molecule has 4 nitrogen and oxygen atoms in total. The fraction of sp³-hybridized carbons (Fsp3) is 0.895. The molecule has 0 aromatic carbocycles. The first-order chi connectivity index (χ1) is 10.8. The lowest BCUT2D eigenvalue weighted by molar-refractivity contribution is -0.175. The van der Waals surface area contributed by atoms with E-state index in [1.54, 1.807) is 0 Å². The van der Waals surface area contributed by atoms with E-state index in [4.69, 9.17) is 0 Å². The summed E-state index contributed by atoms with van der Waals surface area (Å²) in [5, 5.41) is 21.4. The van der Waals surface area contributed by atoms with E-state index in [1.165, 1.54) is 0 Å². The van der Waals surface area contributed by atoms with Gasteiger partial charge in [-0.3, -0.25) is 9.59 Å². The summed E-state index contributed by atoms with van der Waals surface area (Å²) in [4.78, 5) is 24.3. The summed E-state index contributed by atoms with van der Waals surface area (Å²) in [6.07, 6.45) is 3.80. The fourth-order valence-corrected chi connectivity index (χ4v) is 6.85. The van der Waals surface area contributed by atoms with Crippen LogP contribution in [0, 0.1) is 34.5 Å². The molecule has 0 saturated heterocycles. The second-order valence-electron chi connectivity index (χ2n) is 9.05. The van der Waals surface area contributed by atoms with Crippen LogP contribution < -0.4 is 0 Å². The molecule has 0 radical (unpaired) electrons. The van der Waals surface area contributed by atoms with E-state index < -0.39 is 17.6 Å². The molecule has 8 atom stereocenters. The Hall–Kier alpha value is -0.740. The SMILES string of the molecule is C[C@]12CCC(=O)C[C@@H]1CC[C@H]1[C@H]3[C@@H](O)CC(=O)[C@]3(C)[C@H](O)C[C@H]12. The minimum absolute atomic E-state index is 0.0343. The molecule has 0 aromatic rings. The lowest BCUT2D eigenvalue weighted by atomic mass is 9.44. The molecule has 0 heterocycles. The van der Waals surface area contributed by atoms with Gasteiger partial charge in [0.15, 0.2) is 0 Å². The van der Waals surface area contributed by atoms with E-state index >= 15 is 0 Å². The van der Waals surface area contributed by atoms with Gasteiger partial charge < -0.3 is 10.2 Å². The molecule has 23 heavy (non-hydrogen) atoms. The van der Waals surface area contributed by atoms with Crippen molar-refractivity contribution in [2.24, 2.45) is 34.5 Å². The maximum atomic E-state index is 12.5. The first kappa shape index (κ1) is 15.8. The molecule has 0 bridgehead atoms. The molecule has 4 aliphatic rings. The van der Waals surface area contributed by atoms with Crippen molar-refractivity contribution >= 4 is 11.6 Å². The summed E-state index contributed by atoms with van der Waals surface area (Å²) in [5.41, 5.74) is -0.696. The largest absolute Gasteiger partial charge is 0.392 e. The number of carbonyl (C=O) groups is 2. The Balaban J connectivity index is 1.72. The highest BCUT2D eigenvalue weighted by Crippen LogP contribution is 2.65. The lowest BCUT2D eigenvalue weighted by Gasteiger charge is -2.60. The summed E-state index contributed by atoms with van der Waals surface area (Å²) in [6, 6.07) is 0. The van der Waals surface area contributed by atoms with Crippen LogP contribution in [0.15, 0.2) is 0 Å². The molecule has 0 amide bonds. The van der Waals surface area contributed by atoms with Crippen LogP contribution in [0.5, 0.6) is 0 Å². The molecule has 4 heteroatoms. The van der Waals surface area contributed by atoms with Crippen LogP contribution in [0.3, 0.4) is 0 Å². The third-order valence-electron chi connectivity index (χ3n) is 8.29. The summed E-state index contributed by atoms with van der Waals surface area (Å²) < 4.78 is 0. The zero-order valence-electron chi connectivity index (χ0n) is 14.1. The highest BCUT2D eigenvalue weighted by Gasteiger charge is 2.65. The van der Waals surface area contributed by atoms with Crippen LogP contribution in [-0.4, -0.2) is 34.0 Å². The Labute approximate surface area is 137 Å². The van der Waals surface area contributed by atoms with Crippen molar-refractivity contribution < 1.29 is 19.8 Å². The number of aliphatic hydroxyl groups is 2. The second-order valence-corrected chi connectivity index (χ2v) is 9.05. The normalized spacial score (nSPS) is 56.0. The molecule has 0 unspecified atom stereocenters. The van der Waals surface area contributed by atoms with Crippen LogP contribution in [-0.2, 0) is 9.59 Å². The Bertz CT molecular complexity index is 558. The lowest BCUT2D eigenvalue weighted by Crippen LogP contribution is -2.59. The number of carbonyl (C=O) groups excluding carboxylic acids is 2. The third kappa shape index (κ3) is 1.91. The number of Topliss-reactive ketones (excluding diaryl/α,β-unsaturated/α-hetero) is 2. The molecule has 4 rings (SSSR count). The molecule has 4 fully saturated rings. The number of hydrogen-bond donors (Lipinski definition) is 2. The summed E-state index contributed by atoms with van der Waals surface area (Å²) in [7, 11) is 0. The zero-order chi connectivity index (χ0) is 16.6. The van der Waals surface area contributed by atoms with Crippen LogP contribution in [0.25, 0.3) is 0 Å². The topological polar surface area (TPSA) is 74.6 Å². The number of ketones is 2. The first-order valence-corrected chi connectivity index (χ1v) is 9.19. The molecule has 128 valence electrons. The first-order valence-electron chi connectivity index (χ1n) is 9.19. The van der Waals surface area contributed by atoms with Gasteiger partial charge in [-0.05, 0) is 55.8 Å². The second kappa shape index (κ2) is 4.89. The molecule has 0 aliphatic heterocycles. The highest BCUT2D eigenvalue weighted by atomic mass is 16.3. The van der Waals surface area contributed by atoms with E-state index in [0.717, 1.165) is 19.3 Å². The van der Waals surface area contributed by atoms with Crippen molar-refractivity contribution in [3.05, 3.63) is 0 Å². The predicted molar refractivity (Wildman–Crippen MR) is 84.5 cm³/mol. The van der Waals surface area contributed by atoms with E-state index in [0.29, 0.717) is 42.8 Å². The van der Waals surface area contributed by atoms with Crippen molar-refractivity contribution in [3.8, 4) is 0 Å². The number of fused-ring (bicyclic) bond motifs is 5. The van der Waals surface area contributed by atoms with Crippen LogP contribution in [0.2, 0.25) is 0 Å². The summed E-state index contributed by atoms with van der Waals surface area (Å²) in [6.45, 7) is 4.16. The fourth-order valence-electron chi connectivity index (χ4n) is 6.85. The minimum atomic E-state index is -0.770. The molecule has 0 aromatic heterocycles. The van der Waals surface area contributed by atoms with Crippen LogP contribution >= 0.6 is 0 Å². The average molecular weight is 320 g/mol. The van der Waals surface area contributed by atoms with Crippen LogP contribution in [0.4, 0.5) is 0 Å². The van der Waals surface area contributed by atoms with Gasteiger partial charge in [0.1, 0.15) is 11.6 Å². The third-order valence-corrected chi connectivity index (χ3v) is 8.29. The smallest absolute Gasteiger partial charge is 0.144 e. The van der Waals surface area contributed by atoms with E-state index in [1.807, 2.05) is 6.92 Å². The Kier molecular flexibility index (Phi) is 3.35. The minimum Gasteiger partial charge on any atom is -0.392 e. The Morgan fingerprint density at radius 1 is 1.09 bits per heavy atom. The van der Waals surface area contributed by atoms with Gasteiger partial charge in [0.2, 0.25) is 0 Å². The van der Waals surface area contributed by atoms with Crippen molar-refractivity contribution in [2.45, 2.75) is 71.0 Å². The van der Waals surface area contributed by atoms with Gasteiger partial charge in [-0.25, -0.2) is 0 Å². The molecular formula is C19H28O4. The van der Waals surface area contributed by atoms with Gasteiger partial charge >= 0.3 is 0 Å². The van der Waals surface area contributed by atoms with Gasteiger partial charge in [0.25, 0.3) is 0 Å². The van der Waals surface area contributed by atoms with Crippen molar-refractivity contribution in [3.63, 3.8) is 0 Å². The van der Waals surface area contributed by atoms with Crippen LogP contribution in [0.1, 0.15) is 58.8 Å². The van der Waals surface area contributed by atoms with Gasteiger partial charge in [-0.2, -0.15) is 0 Å². The Morgan fingerprint density at radius 3 is 2.57 bits per heavy atom. The molecule has 0 spiro atoms. The van der Waals surface area contributed by atoms with E-state index in [-0.39, 0.29) is 23.5 Å². The molecule has 2 N–H and O–H groups in total. The van der Waals surface area contributed by atoms with Gasteiger partial charge in [0.05, 0.1) is 17.6 Å². The summed E-state index contributed by atoms with van der Waals surface area (Å²) >= 11 is 0. The maximum absolute atomic E-state index is 12.5. The Morgan fingerprint density at radius 2 is 1.83 bits per heavy atom. The van der Waals surface area contributed by atoms with Gasteiger partial charge in [-0.15, -0.1) is 0 Å². The average Bonchev–Trinajstić information content (AvgIpc) is 2.73.